The molecule has 7 heteroatoms. The SMILES string of the molecule is Cc1nc(Nc2c(Cl)cc(C)c(F)c2C)n2ncc(CCCCC3CC3)c2n1. The minimum atomic E-state index is -0.272. The Bertz CT molecular complexity index is 1030. The number of anilines is 2. The molecule has 28 heavy (non-hydrogen) atoms. The van der Waals surface area contributed by atoms with Crippen LogP contribution in [0.1, 0.15) is 54.6 Å². The van der Waals surface area contributed by atoms with E-state index in [1.54, 1.807) is 24.4 Å². The van der Waals surface area contributed by atoms with E-state index in [9.17, 15) is 4.39 Å². The molecule has 0 unspecified atom stereocenters. The van der Waals surface area contributed by atoms with E-state index in [2.05, 4.69) is 20.4 Å². The van der Waals surface area contributed by atoms with Gasteiger partial charge in [-0.3, -0.25) is 0 Å². The maximum Gasteiger partial charge on any atom is 0.232 e. The third-order valence-corrected chi connectivity index (χ3v) is 5.73. The normalized spacial score (nSPS) is 14.0. The van der Waals surface area contributed by atoms with Gasteiger partial charge in [-0.2, -0.15) is 14.6 Å². The molecule has 1 aliphatic rings. The molecular formula is C21H25ClFN5. The summed E-state index contributed by atoms with van der Waals surface area (Å²) < 4.78 is 16.0. The highest BCUT2D eigenvalue weighted by atomic mass is 35.5. The highest BCUT2D eigenvalue weighted by molar-refractivity contribution is 6.33. The number of fused-ring (bicyclic) bond motifs is 1. The van der Waals surface area contributed by atoms with Crippen molar-refractivity contribution in [2.75, 3.05) is 5.32 Å². The highest BCUT2D eigenvalue weighted by Gasteiger charge is 2.20. The zero-order valence-corrected chi connectivity index (χ0v) is 17.3. The summed E-state index contributed by atoms with van der Waals surface area (Å²) >= 11 is 6.37. The minimum absolute atomic E-state index is 0.272. The van der Waals surface area contributed by atoms with Gasteiger partial charge < -0.3 is 5.32 Å². The number of benzene rings is 1. The van der Waals surface area contributed by atoms with Gasteiger partial charge in [-0.25, -0.2) is 9.37 Å². The van der Waals surface area contributed by atoms with Crippen molar-refractivity contribution in [3.05, 3.63) is 45.6 Å². The van der Waals surface area contributed by atoms with Gasteiger partial charge in [-0.1, -0.05) is 37.3 Å². The Morgan fingerprint density at radius 1 is 1.21 bits per heavy atom. The van der Waals surface area contributed by atoms with Gasteiger partial charge in [-0.15, -0.1) is 0 Å². The number of nitrogens with one attached hydrogen (secondary N) is 1. The maximum atomic E-state index is 14.4. The van der Waals surface area contributed by atoms with E-state index in [1.807, 2.05) is 13.1 Å². The van der Waals surface area contributed by atoms with E-state index >= 15 is 0 Å². The average Bonchev–Trinajstić information content (AvgIpc) is 3.40. The molecule has 4 rings (SSSR count). The molecule has 1 aromatic carbocycles. The molecule has 0 spiro atoms. The quantitative estimate of drug-likeness (QED) is 0.515. The van der Waals surface area contributed by atoms with Crippen LogP contribution in [0.15, 0.2) is 12.3 Å². The van der Waals surface area contributed by atoms with Gasteiger partial charge in [-0.05, 0) is 51.2 Å². The van der Waals surface area contributed by atoms with E-state index in [-0.39, 0.29) is 5.82 Å². The summed E-state index contributed by atoms with van der Waals surface area (Å²) in [6.45, 7) is 5.25. The first-order valence-corrected chi connectivity index (χ1v) is 10.3. The van der Waals surface area contributed by atoms with Crippen molar-refractivity contribution < 1.29 is 4.39 Å². The number of rotatable bonds is 7. The number of aromatic nitrogens is 4. The van der Waals surface area contributed by atoms with Crippen LogP contribution in [-0.2, 0) is 6.42 Å². The maximum absolute atomic E-state index is 14.4. The van der Waals surface area contributed by atoms with Crippen LogP contribution in [0.25, 0.3) is 5.65 Å². The van der Waals surface area contributed by atoms with Gasteiger partial charge in [0.25, 0.3) is 0 Å². The third-order valence-electron chi connectivity index (χ3n) is 5.43. The van der Waals surface area contributed by atoms with Gasteiger partial charge in [0.2, 0.25) is 5.95 Å². The Morgan fingerprint density at radius 2 is 2.00 bits per heavy atom. The second-order valence-corrected chi connectivity index (χ2v) is 8.21. The summed E-state index contributed by atoms with van der Waals surface area (Å²) in [6.07, 6.45) is 9.32. The Kier molecular flexibility index (Phi) is 5.23. The zero-order valence-electron chi connectivity index (χ0n) is 16.5. The molecule has 3 aromatic rings. The fourth-order valence-electron chi connectivity index (χ4n) is 3.62. The Balaban J connectivity index is 1.62. The van der Waals surface area contributed by atoms with Crippen molar-refractivity contribution in [1.29, 1.82) is 0 Å². The van der Waals surface area contributed by atoms with E-state index in [0.29, 0.717) is 33.6 Å². The van der Waals surface area contributed by atoms with E-state index in [0.717, 1.165) is 30.0 Å². The van der Waals surface area contributed by atoms with Crippen LogP contribution in [0.4, 0.5) is 16.0 Å². The topological polar surface area (TPSA) is 55.1 Å². The predicted octanol–water partition coefficient (Wildman–Crippen LogP) is 5.71. The van der Waals surface area contributed by atoms with Crippen LogP contribution in [0, 0.1) is 32.5 Å². The molecule has 0 amide bonds. The predicted molar refractivity (Wildman–Crippen MR) is 110 cm³/mol. The van der Waals surface area contributed by atoms with Crippen LogP contribution in [0.2, 0.25) is 5.02 Å². The second kappa shape index (κ2) is 7.66. The number of unbranched alkanes of at least 4 members (excludes halogenated alkanes) is 1. The molecule has 1 N–H and O–H groups in total. The first kappa shape index (κ1) is 19.1. The Morgan fingerprint density at radius 3 is 2.75 bits per heavy atom. The van der Waals surface area contributed by atoms with Gasteiger partial charge in [0.05, 0.1) is 16.9 Å². The van der Waals surface area contributed by atoms with Gasteiger partial charge in [0.15, 0.2) is 5.65 Å². The summed E-state index contributed by atoms with van der Waals surface area (Å²) in [5.74, 6) is 1.81. The fourth-order valence-corrected chi connectivity index (χ4v) is 3.97. The summed E-state index contributed by atoms with van der Waals surface area (Å²) in [4.78, 5) is 9.05. The lowest BCUT2D eigenvalue weighted by Gasteiger charge is -2.14. The number of hydrogen-bond acceptors (Lipinski definition) is 4. The van der Waals surface area contributed by atoms with Gasteiger partial charge in [0.1, 0.15) is 11.6 Å². The van der Waals surface area contributed by atoms with Crippen molar-refractivity contribution in [2.45, 2.75) is 59.3 Å². The third kappa shape index (κ3) is 3.83. The minimum Gasteiger partial charge on any atom is -0.322 e. The number of halogens is 2. The molecular weight excluding hydrogens is 377 g/mol. The summed E-state index contributed by atoms with van der Waals surface area (Å²) in [5, 5.41) is 8.10. The molecule has 2 aromatic heterocycles. The molecule has 148 valence electrons. The lowest BCUT2D eigenvalue weighted by Crippen LogP contribution is -2.08. The zero-order chi connectivity index (χ0) is 19.8. The first-order valence-electron chi connectivity index (χ1n) is 9.87. The molecule has 2 heterocycles. The number of aryl methyl sites for hydroxylation is 3. The summed E-state index contributed by atoms with van der Waals surface area (Å²) in [6, 6.07) is 1.62. The van der Waals surface area contributed by atoms with E-state index in [1.165, 1.54) is 25.7 Å². The molecule has 0 aliphatic heterocycles. The average molecular weight is 402 g/mol. The van der Waals surface area contributed by atoms with Crippen LogP contribution >= 0.6 is 11.6 Å². The van der Waals surface area contributed by atoms with E-state index in [4.69, 9.17) is 11.6 Å². The van der Waals surface area contributed by atoms with Crippen molar-refractivity contribution in [3.63, 3.8) is 0 Å². The number of nitrogens with zero attached hydrogens (tertiary/aromatic N) is 4. The lowest BCUT2D eigenvalue weighted by atomic mass is 10.1. The molecule has 0 radical (unpaired) electrons. The van der Waals surface area contributed by atoms with Crippen LogP contribution in [-0.4, -0.2) is 19.6 Å². The molecule has 0 bridgehead atoms. The summed E-state index contributed by atoms with van der Waals surface area (Å²) in [5.41, 5.74) is 3.39. The van der Waals surface area contributed by atoms with Gasteiger partial charge >= 0.3 is 0 Å². The smallest absolute Gasteiger partial charge is 0.232 e. The van der Waals surface area contributed by atoms with Crippen LogP contribution in [0.5, 0.6) is 0 Å². The molecule has 0 saturated heterocycles. The number of hydrogen-bond donors (Lipinski definition) is 1. The Hall–Kier alpha value is -2.21. The molecule has 0 atom stereocenters. The summed E-state index contributed by atoms with van der Waals surface area (Å²) in [7, 11) is 0. The monoisotopic (exact) mass is 401 g/mol. The second-order valence-electron chi connectivity index (χ2n) is 7.80. The molecule has 1 aliphatic carbocycles. The molecule has 5 nitrogen and oxygen atoms in total. The van der Waals surface area contributed by atoms with Crippen molar-refractivity contribution in [3.8, 4) is 0 Å². The van der Waals surface area contributed by atoms with Gasteiger partial charge in [0, 0.05) is 11.1 Å². The lowest BCUT2D eigenvalue weighted by molar-refractivity contribution is 0.610. The standard InChI is InChI=1S/C21H25ClFN5/c1-12-10-17(22)19(13(2)18(12)23)27-21-26-14(3)25-20-16(11-24-28(20)21)7-5-4-6-15-8-9-15/h10-11,15H,4-9H2,1-3H3,(H,25,26,27). The van der Waals surface area contributed by atoms with Crippen LogP contribution < -0.4 is 5.32 Å². The first-order chi connectivity index (χ1) is 13.4. The van der Waals surface area contributed by atoms with Crippen molar-refractivity contribution in [2.24, 2.45) is 5.92 Å². The van der Waals surface area contributed by atoms with Crippen LogP contribution in [0.3, 0.4) is 0 Å². The van der Waals surface area contributed by atoms with E-state index < -0.39 is 0 Å². The molecule has 1 saturated carbocycles. The largest absolute Gasteiger partial charge is 0.322 e. The molecule has 1 fully saturated rings. The van der Waals surface area contributed by atoms with Crippen molar-refractivity contribution >= 4 is 28.9 Å². The Labute approximate surface area is 169 Å². The highest BCUT2D eigenvalue weighted by Crippen LogP contribution is 2.34. The van der Waals surface area contributed by atoms with Crippen molar-refractivity contribution in [1.82, 2.24) is 19.6 Å². The fraction of sp³-hybridized carbons (Fsp3) is 0.476.